The van der Waals surface area contributed by atoms with Crippen LogP contribution in [0.15, 0.2) is 23.4 Å². The van der Waals surface area contributed by atoms with Gasteiger partial charge in [-0.05, 0) is 63.6 Å². The lowest BCUT2D eigenvalue weighted by Crippen LogP contribution is -2.44. The van der Waals surface area contributed by atoms with Gasteiger partial charge in [0, 0.05) is 5.54 Å². The quantitative estimate of drug-likeness (QED) is 0.871. The van der Waals surface area contributed by atoms with Crippen molar-refractivity contribution in [2.75, 3.05) is 0 Å². The van der Waals surface area contributed by atoms with E-state index in [2.05, 4.69) is 26.9 Å². The Bertz CT molecular complexity index is 705. The Hall–Kier alpha value is -1.89. The van der Waals surface area contributed by atoms with Crippen LogP contribution >= 0.6 is 11.8 Å². The van der Waals surface area contributed by atoms with E-state index in [0.29, 0.717) is 5.16 Å². The lowest BCUT2D eigenvalue weighted by Gasteiger charge is -2.22. The highest BCUT2D eigenvalue weighted by Gasteiger charge is 2.23. The minimum absolute atomic E-state index is 0.0299. The summed E-state index contributed by atoms with van der Waals surface area (Å²) in [5.74, 6) is -0.0299. The van der Waals surface area contributed by atoms with E-state index in [-0.39, 0.29) is 16.7 Å². The molecular weight excluding hydrogens is 310 g/mol. The molecule has 1 aromatic carbocycles. The van der Waals surface area contributed by atoms with Gasteiger partial charge in [0.1, 0.15) is 0 Å². The number of hydrogen-bond acceptors (Lipinski definition) is 5. The molecule has 0 aliphatic rings. The normalized spacial score (nSPS) is 13.0. The first-order valence-electron chi connectivity index (χ1n) is 7.52. The molecule has 0 bridgehead atoms. The van der Waals surface area contributed by atoms with Gasteiger partial charge in [-0.3, -0.25) is 4.79 Å². The van der Waals surface area contributed by atoms with Crippen LogP contribution in [0.25, 0.3) is 5.69 Å². The van der Waals surface area contributed by atoms with Crippen LogP contribution in [0.5, 0.6) is 0 Å². The summed E-state index contributed by atoms with van der Waals surface area (Å²) in [5.41, 5.74) is 2.94. The minimum Gasteiger partial charge on any atom is -0.351 e. The fourth-order valence-electron chi connectivity index (χ4n) is 2.13. The summed E-state index contributed by atoms with van der Waals surface area (Å²) in [6.07, 6.45) is 0. The smallest absolute Gasteiger partial charge is 0.233 e. The molecule has 0 aliphatic heterocycles. The van der Waals surface area contributed by atoms with Crippen molar-refractivity contribution in [1.82, 2.24) is 25.5 Å². The Balaban J connectivity index is 2.20. The van der Waals surface area contributed by atoms with Gasteiger partial charge in [-0.2, -0.15) is 4.68 Å². The Kier molecular flexibility index (Phi) is 5.09. The van der Waals surface area contributed by atoms with Crippen LogP contribution in [0, 0.1) is 13.8 Å². The first-order valence-corrected chi connectivity index (χ1v) is 8.40. The average Bonchev–Trinajstić information content (AvgIpc) is 2.84. The second kappa shape index (κ2) is 6.70. The second-order valence-corrected chi connectivity index (χ2v) is 7.97. The van der Waals surface area contributed by atoms with E-state index in [4.69, 9.17) is 0 Å². The van der Waals surface area contributed by atoms with E-state index in [0.717, 1.165) is 11.3 Å². The topological polar surface area (TPSA) is 72.7 Å². The standard InChI is InChI=1S/C16H23N5OS/c1-10-7-8-13(11(2)9-10)21-15(18-19-20-21)23-12(3)14(22)17-16(4,5)6/h7-9,12H,1-6H3,(H,17,22)/t12-/m0/s1. The molecule has 2 aromatic rings. The maximum atomic E-state index is 12.2. The number of aryl methyl sites for hydroxylation is 2. The highest BCUT2D eigenvalue weighted by Crippen LogP contribution is 2.25. The molecule has 0 unspecified atom stereocenters. The first kappa shape index (κ1) is 17.5. The Morgan fingerprint density at radius 3 is 2.61 bits per heavy atom. The molecule has 0 saturated heterocycles. The third-order valence-corrected chi connectivity index (χ3v) is 4.20. The number of carbonyl (C=O) groups excluding carboxylic acids is 1. The largest absolute Gasteiger partial charge is 0.351 e. The van der Waals surface area contributed by atoms with Gasteiger partial charge in [0.05, 0.1) is 10.9 Å². The van der Waals surface area contributed by atoms with Gasteiger partial charge in [0.2, 0.25) is 11.1 Å². The molecule has 0 fully saturated rings. The van der Waals surface area contributed by atoms with Crippen LogP contribution in [0.1, 0.15) is 38.8 Å². The van der Waals surface area contributed by atoms with Crippen LogP contribution in [0.4, 0.5) is 0 Å². The van der Waals surface area contributed by atoms with E-state index >= 15 is 0 Å². The molecule has 0 radical (unpaired) electrons. The summed E-state index contributed by atoms with van der Waals surface area (Å²) >= 11 is 1.35. The van der Waals surface area contributed by atoms with E-state index < -0.39 is 0 Å². The number of tetrazole rings is 1. The average molecular weight is 333 g/mol. The van der Waals surface area contributed by atoms with Crippen molar-refractivity contribution in [1.29, 1.82) is 0 Å². The lowest BCUT2D eigenvalue weighted by molar-refractivity contribution is -0.121. The number of hydrogen-bond donors (Lipinski definition) is 1. The minimum atomic E-state index is -0.287. The summed E-state index contributed by atoms with van der Waals surface area (Å²) < 4.78 is 1.68. The molecular formula is C16H23N5OS. The van der Waals surface area contributed by atoms with Gasteiger partial charge >= 0.3 is 0 Å². The predicted molar refractivity (Wildman–Crippen MR) is 91.8 cm³/mol. The SMILES string of the molecule is Cc1ccc(-n2nnnc2S[C@@H](C)C(=O)NC(C)(C)C)c(C)c1. The number of carbonyl (C=O) groups is 1. The first-order chi connectivity index (χ1) is 10.7. The van der Waals surface area contributed by atoms with Crippen molar-refractivity contribution in [3.8, 4) is 5.69 Å². The summed E-state index contributed by atoms with van der Waals surface area (Å²) in [4.78, 5) is 12.2. The molecule has 6 nitrogen and oxygen atoms in total. The van der Waals surface area contributed by atoms with E-state index in [1.54, 1.807) is 4.68 Å². The molecule has 1 amide bonds. The number of nitrogens with one attached hydrogen (secondary N) is 1. The molecule has 0 spiro atoms. The van der Waals surface area contributed by atoms with Crippen LogP contribution in [-0.2, 0) is 4.79 Å². The molecule has 124 valence electrons. The fraction of sp³-hybridized carbons (Fsp3) is 0.500. The van der Waals surface area contributed by atoms with Crippen LogP contribution in [0.3, 0.4) is 0 Å². The molecule has 7 heteroatoms. The van der Waals surface area contributed by atoms with Crippen LogP contribution < -0.4 is 5.32 Å². The summed E-state index contributed by atoms with van der Waals surface area (Å²) in [6, 6.07) is 6.10. The van der Waals surface area contributed by atoms with Gasteiger partial charge < -0.3 is 5.32 Å². The molecule has 1 N–H and O–H groups in total. The number of benzene rings is 1. The molecule has 23 heavy (non-hydrogen) atoms. The molecule has 0 aliphatic carbocycles. The van der Waals surface area contributed by atoms with Gasteiger partial charge in [0.25, 0.3) is 0 Å². The monoisotopic (exact) mass is 333 g/mol. The Morgan fingerprint density at radius 1 is 1.30 bits per heavy atom. The third kappa shape index (κ3) is 4.54. The van der Waals surface area contributed by atoms with Gasteiger partial charge in [-0.1, -0.05) is 29.5 Å². The lowest BCUT2D eigenvalue weighted by atomic mass is 10.1. The van der Waals surface area contributed by atoms with Crippen molar-refractivity contribution in [2.24, 2.45) is 0 Å². The summed E-state index contributed by atoms with van der Waals surface area (Å²) in [7, 11) is 0. The van der Waals surface area contributed by atoms with Gasteiger partial charge in [-0.25, -0.2) is 0 Å². The van der Waals surface area contributed by atoms with Gasteiger partial charge in [-0.15, -0.1) is 5.10 Å². The Labute approximate surface area is 141 Å². The number of thioether (sulfide) groups is 1. The van der Waals surface area contributed by atoms with Crippen molar-refractivity contribution < 1.29 is 4.79 Å². The second-order valence-electron chi connectivity index (χ2n) is 6.66. The zero-order valence-corrected chi connectivity index (χ0v) is 15.2. The number of amides is 1. The molecule has 2 rings (SSSR count). The van der Waals surface area contributed by atoms with Crippen molar-refractivity contribution >= 4 is 17.7 Å². The van der Waals surface area contributed by atoms with E-state index in [9.17, 15) is 4.79 Å². The zero-order valence-electron chi connectivity index (χ0n) is 14.4. The number of aromatic nitrogens is 4. The zero-order chi connectivity index (χ0) is 17.2. The van der Waals surface area contributed by atoms with Crippen molar-refractivity contribution in [3.63, 3.8) is 0 Å². The third-order valence-electron chi connectivity index (χ3n) is 3.17. The van der Waals surface area contributed by atoms with Crippen LogP contribution in [0.2, 0.25) is 0 Å². The van der Waals surface area contributed by atoms with Crippen LogP contribution in [-0.4, -0.2) is 36.9 Å². The number of rotatable bonds is 4. The predicted octanol–water partition coefficient (Wildman–Crippen LogP) is 2.67. The van der Waals surface area contributed by atoms with Gasteiger partial charge in [0.15, 0.2) is 0 Å². The van der Waals surface area contributed by atoms with Crippen molar-refractivity contribution in [3.05, 3.63) is 29.3 Å². The highest BCUT2D eigenvalue weighted by atomic mass is 32.2. The van der Waals surface area contributed by atoms with E-state index in [1.165, 1.54) is 17.3 Å². The fourth-order valence-corrected chi connectivity index (χ4v) is 2.93. The summed E-state index contributed by atoms with van der Waals surface area (Å²) in [5, 5.41) is 15.2. The summed E-state index contributed by atoms with van der Waals surface area (Å²) in [6.45, 7) is 11.8. The molecule has 0 saturated carbocycles. The number of nitrogens with zero attached hydrogens (tertiary/aromatic N) is 4. The van der Waals surface area contributed by atoms with E-state index in [1.807, 2.05) is 53.7 Å². The Morgan fingerprint density at radius 2 is 2.00 bits per heavy atom. The highest BCUT2D eigenvalue weighted by molar-refractivity contribution is 8.00. The van der Waals surface area contributed by atoms with Crippen molar-refractivity contribution in [2.45, 2.75) is 57.5 Å². The molecule has 1 aromatic heterocycles. The molecule has 1 heterocycles. The maximum Gasteiger partial charge on any atom is 0.233 e. The molecule has 1 atom stereocenters. The maximum absolute atomic E-state index is 12.2.